The van der Waals surface area contributed by atoms with Crippen molar-refractivity contribution in [2.24, 2.45) is 5.73 Å². The van der Waals surface area contributed by atoms with Crippen LogP contribution in [0.5, 0.6) is 0 Å². The van der Waals surface area contributed by atoms with Gasteiger partial charge in [-0.05, 0) is 36.1 Å². The zero-order valence-corrected chi connectivity index (χ0v) is 10.0. The van der Waals surface area contributed by atoms with Gasteiger partial charge in [-0.15, -0.1) is 0 Å². The Bertz CT molecular complexity index is 528. The van der Waals surface area contributed by atoms with Gasteiger partial charge in [-0.1, -0.05) is 15.9 Å². The van der Waals surface area contributed by atoms with Crippen molar-refractivity contribution in [1.82, 2.24) is 4.57 Å². The smallest absolute Gasteiger partial charge is 0.0516 e. The van der Waals surface area contributed by atoms with Crippen LogP contribution in [0, 0.1) is 0 Å². The second-order valence-electron chi connectivity index (χ2n) is 4.12. The van der Waals surface area contributed by atoms with E-state index in [1.54, 1.807) is 0 Å². The molecule has 15 heavy (non-hydrogen) atoms. The third kappa shape index (κ3) is 1.34. The molecule has 78 valence electrons. The van der Waals surface area contributed by atoms with Gasteiger partial charge in [-0.2, -0.15) is 0 Å². The number of hydrogen-bond donors (Lipinski definition) is 1. The van der Waals surface area contributed by atoms with E-state index in [1.807, 2.05) is 0 Å². The highest BCUT2D eigenvalue weighted by molar-refractivity contribution is 9.10. The number of nitrogens with zero attached hydrogens (tertiary/aromatic N) is 1. The summed E-state index contributed by atoms with van der Waals surface area (Å²) < 4.78 is 3.52. The van der Waals surface area contributed by atoms with Crippen LogP contribution in [0.4, 0.5) is 0 Å². The van der Waals surface area contributed by atoms with Crippen LogP contribution in [-0.4, -0.2) is 4.57 Å². The number of hydrogen-bond acceptors (Lipinski definition) is 1. The summed E-state index contributed by atoms with van der Waals surface area (Å²) in [5.41, 5.74) is 9.88. The largest absolute Gasteiger partial charge is 0.347 e. The summed E-state index contributed by atoms with van der Waals surface area (Å²) in [5, 5.41) is 1.32. The number of benzene rings is 1. The van der Waals surface area contributed by atoms with Gasteiger partial charge in [0.15, 0.2) is 0 Å². The van der Waals surface area contributed by atoms with Gasteiger partial charge in [-0.25, -0.2) is 0 Å². The van der Waals surface area contributed by atoms with Gasteiger partial charge in [0.25, 0.3) is 0 Å². The average molecular weight is 265 g/mol. The van der Waals surface area contributed by atoms with Crippen LogP contribution >= 0.6 is 15.9 Å². The Balaban J connectivity index is 2.43. The zero-order valence-electron chi connectivity index (χ0n) is 8.46. The highest BCUT2D eigenvalue weighted by atomic mass is 79.9. The van der Waals surface area contributed by atoms with E-state index in [2.05, 4.69) is 38.8 Å². The lowest BCUT2D eigenvalue weighted by atomic mass is 10.0. The SMILES string of the molecule is NCc1cn2c3c(cc(Br)cc13)CCC2. The van der Waals surface area contributed by atoms with Crippen LogP contribution in [0.3, 0.4) is 0 Å². The molecular formula is C12H13BrN2. The number of nitrogens with two attached hydrogens (primary N) is 1. The quantitative estimate of drug-likeness (QED) is 0.844. The maximum atomic E-state index is 5.78. The maximum Gasteiger partial charge on any atom is 0.0516 e. The lowest BCUT2D eigenvalue weighted by Gasteiger charge is -2.15. The van der Waals surface area contributed by atoms with Crippen molar-refractivity contribution in [1.29, 1.82) is 0 Å². The fourth-order valence-electron chi connectivity index (χ4n) is 2.53. The van der Waals surface area contributed by atoms with Crippen LogP contribution in [0.1, 0.15) is 17.5 Å². The Morgan fingerprint density at radius 1 is 1.40 bits per heavy atom. The fraction of sp³-hybridized carbons (Fsp3) is 0.333. The Kier molecular flexibility index (Phi) is 2.11. The number of aromatic nitrogens is 1. The molecular weight excluding hydrogens is 252 g/mol. The fourth-order valence-corrected chi connectivity index (χ4v) is 3.04. The molecule has 0 spiro atoms. The minimum absolute atomic E-state index is 0.624. The van der Waals surface area contributed by atoms with Gasteiger partial charge in [0.2, 0.25) is 0 Å². The summed E-state index contributed by atoms with van der Waals surface area (Å²) in [6.07, 6.45) is 4.63. The molecule has 2 nitrogen and oxygen atoms in total. The molecule has 3 heteroatoms. The third-order valence-electron chi connectivity index (χ3n) is 3.16. The van der Waals surface area contributed by atoms with Crippen molar-refractivity contribution < 1.29 is 0 Å². The summed E-state index contributed by atoms with van der Waals surface area (Å²) in [6.45, 7) is 1.75. The van der Waals surface area contributed by atoms with E-state index in [4.69, 9.17) is 5.73 Å². The molecule has 2 N–H and O–H groups in total. The maximum absolute atomic E-state index is 5.78. The predicted octanol–water partition coefficient (Wildman–Crippen LogP) is 2.81. The van der Waals surface area contributed by atoms with Crippen LogP contribution in [0.25, 0.3) is 10.9 Å². The van der Waals surface area contributed by atoms with E-state index in [0.717, 1.165) is 6.54 Å². The van der Waals surface area contributed by atoms with Crippen LogP contribution in [-0.2, 0) is 19.5 Å². The van der Waals surface area contributed by atoms with Gasteiger partial charge in [0.05, 0.1) is 5.52 Å². The van der Waals surface area contributed by atoms with Gasteiger partial charge in [0, 0.05) is 29.1 Å². The minimum Gasteiger partial charge on any atom is -0.347 e. The number of halogens is 1. The third-order valence-corrected chi connectivity index (χ3v) is 3.62. The molecule has 0 aliphatic carbocycles. The molecule has 0 saturated heterocycles. The molecule has 0 atom stereocenters. The first-order chi connectivity index (χ1) is 7.29. The Labute approximate surface area is 97.2 Å². The molecule has 0 unspecified atom stereocenters. The topological polar surface area (TPSA) is 30.9 Å². The van der Waals surface area contributed by atoms with Gasteiger partial charge in [-0.3, -0.25) is 0 Å². The van der Waals surface area contributed by atoms with Gasteiger partial charge in [0.1, 0.15) is 0 Å². The van der Waals surface area contributed by atoms with Crippen LogP contribution < -0.4 is 5.73 Å². The Hall–Kier alpha value is -0.800. The molecule has 1 aromatic heterocycles. The molecule has 0 saturated carbocycles. The Morgan fingerprint density at radius 3 is 3.07 bits per heavy atom. The highest BCUT2D eigenvalue weighted by Gasteiger charge is 2.15. The summed E-state index contributed by atoms with van der Waals surface area (Å²) >= 11 is 3.57. The highest BCUT2D eigenvalue weighted by Crippen LogP contribution is 2.32. The van der Waals surface area contributed by atoms with Crippen molar-refractivity contribution in [3.05, 3.63) is 33.9 Å². The van der Waals surface area contributed by atoms with Crippen molar-refractivity contribution in [3.63, 3.8) is 0 Å². The number of rotatable bonds is 1. The van der Waals surface area contributed by atoms with Gasteiger partial charge < -0.3 is 10.3 Å². The monoisotopic (exact) mass is 264 g/mol. The van der Waals surface area contributed by atoms with E-state index in [9.17, 15) is 0 Å². The molecule has 2 aromatic rings. The van der Waals surface area contributed by atoms with E-state index in [-0.39, 0.29) is 0 Å². The second-order valence-corrected chi connectivity index (χ2v) is 5.03. The normalized spacial score (nSPS) is 14.8. The molecule has 0 amide bonds. The first-order valence-electron chi connectivity index (χ1n) is 5.30. The molecule has 3 rings (SSSR count). The van der Waals surface area contributed by atoms with E-state index < -0.39 is 0 Å². The van der Waals surface area contributed by atoms with E-state index in [1.165, 1.54) is 39.3 Å². The van der Waals surface area contributed by atoms with E-state index >= 15 is 0 Å². The second kappa shape index (κ2) is 3.35. The summed E-state index contributed by atoms with van der Waals surface area (Å²) in [6, 6.07) is 4.42. The molecule has 0 bridgehead atoms. The minimum atomic E-state index is 0.624. The molecule has 1 aromatic carbocycles. The first-order valence-corrected chi connectivity index (χ1v) is 6.09. The summed E-state index contributed by atoms with van der Waals surface area (Å²) in [4.78, 5) is 0. The number of aryl methyl sites for hydroxylation is 2. The molecule has 1 aliphatic heterocycles. The summed E-state index contributed by atoms with van der Waals surface area (Å²) in [7, 11) is 0. The van der Waals surface area contributed by atoms with Crippen molar-refractivity contribution in [2.45, 2.75) is 25.9 Å². The van der Waals surface area contributed by atoms with Crippen molar-refractivity contribution in [3.8, 4) is 0 Å². The lowest BCUT2D eigenvalue weighted by Crippen LogP contribution is -2.06. The van der Waals surface area contributed by atoms with E-state index in [0.29, 0.717) is 6.54 Å². The molecule has 2 heterocycles. The zero-order chi connectivity index (χ0) is 10.4. The molecule has 0 fully saturated rings. The van der Waals surface area contributed by atoms with Crippen LogP contribution in [0.2, 0.25) is 0 Å². The van der Waals surface area contributed by atoms with Crippen LogP contribution in [0.15, 0.2) is 22.8 Å². The molecule has 0 radical (unpaired) electrons. The van der Waals surface area contributed by atoms with Crippen molar-refractivity contribution in [2.75, 3.05) is 0 Å². The standard InChI is InChI=1S/C12H13BrN2/c13-10-4-8-2-1-3-15-7-9(6-14)11(5-10)12(8)15/h4-5,7H,1-3,6,14H2. The van der Waals surface area contributed by atoms with Gasteiger partial charge >= 0.3 is 0 Å². The average Bonchev–Trinajstić information content (AvgIpc) is 2.58. The predicted molar refractivity (Wildman–Crippen MR) is 65.9 cm³/mol. The first kappa shape index (κ1) is 9.43. The lowest BCUT2D eigenvalue weighted by molar-refractivity contribution is 0.634. The Morgan fingerprint density at radius 2 is 2.27 bits per heavy atom. The molecule has 1 aliphatic rings. The summed E-state index contributed by atoms with van der Waals surface area (Å²) in [5.74, 6) is 0. The van der Waals surface area contributed by atoms with Crippen molar-refractivity contribution >= 4 is 26.8 Å².